The van der Waals surface area contributed by atoms with E-state index in [1.165, 1.54) is 37.1 Å². The van der Waals surface area contributed by atoms with Gasteiger partial charge >= 0.3 is 0 Å². The number of fused-ring (bicyclic) bond motifs is 1. The monoisotopic (exact) mass is 323 g/mol. The third kappa shape index (κ3) is 3.21. The zero-order valence-electron chi connectivity index (χ0n) is 11.4. The summed E-state index contributed by atoms with van der Waals surface area (Å²) in [6.45, 7) is 4.38. The smallest absolute Gasteiger partial charge is 0.0954 e. The number of benzene rings is 1. The summed E-state index contributed by atoms with van der Waals surface area (Å²) in [5, 5.41) is 1.16. The van der Waals surface area contributed by atoms with E-state index in [0.717, 1.165) is 30.8 Å². The first-order valence-corrected chi connectivity index (χ1v) is 8.46. The van der Waals surface area contributed by atoms with Gasteiger partial charge in [-0.2, -0.15) is 0 Å². The van der Waals surface area contributed by atoms with Gasteiger partial charge in [-0.25, -0.2) is 0 Å². The molecule has 1 aromatic rings. The van der Waals surface area contributed by atoms with Crippen LogP contribution in [0.5, 0.6) is 0 Å². The van der Waals surface area contributed by atoms with Crippen LogP contribution in [0.15, 0.2) is 24.3 Å². The van der Waals surface area contributed by atoms with Crippen LogP contribution < -0.4 is 0 Å². The van der Waals surface area contributed by atoms with E-state index in [9.17, 15) is 0 Å². The number of likely N-dealkylation sites (tertiary alicyclic amines) is 1. The third-order valence-corrected chi connectivity index (χ3v) is 5.36. The Labute approximate surface area is 124 Å². The van der Waals surface area contributed by atoms with E-state index in [0.29, 0.717) is 0 Å². The number of halogens is 1. The van der Waals surface area contributed by atoms with Gasteiger partial charge < -0.3 is 9.64 Å². The fraction of sp³-hybridized carbons (Fsp3) is 0.625. The average molecular weight is 324 g/mol. The fourth-order valence-corrected chi connectivity index (χ4v) is 3.83. The van der Waals surface area contributed by atoms with Crippen LogP contribution in [0.1, 0.15) is 30.1 Å². The number of alkyl halides is 1. The van der Waals surface area contributed by atoms with Crippen LogP contribution in [0.2, 0.25) is 0 Å². The number of ether oxygens (including phenoxy) is 1. The molecule has 0 radical (unpaired) electrons. The predicted octanol–water partition coefficient (Wildman–Crippen LogP) is 3.41. The minimum atomic E-state index is 0.283. The predicted molar refractivity (Wildman–Crippen MR) is 81.8 cm³/mol. The molecule has 0 saturated carbocycles. The van der Waals surface area contributed by atoms with Gasteiger partial charge in [0.05, 0.1) is 12.7 Å². The van der Waals surface area contributed by atoms with Crippen molar-refractivity contribution in [2.24, 2.45) is 5.92 Å². The number of piperidine rings is 1. The van der Waals surface area contributed by atoms with Crippen molar-refractivity contribution in [3.05, 3.63) is 35.4 Å². The number of hydrogen-bond acceptors (Lipinski definition) is 2. The Hall–Kier alpha value is -0.380. The molecule has 3 heteroatoms. The molecule has 0 bridgehead atoms. The topological polar surface area (TPSA) is 12.5 Å². The van der Waals surface area contributed by atoms with Crippen molar-refractivity contribution in [1.82, 2.24) is 4.90 Å². The summed E-state index contributed by atoms with van der Waals surface area (Å²) < 4.78 is 6.01. The second-order valence-electron chi connectivity index (χ2n) is 5.71. The lowest BCUT2D eigenvalue weighted by atomic mass is 9.95. The van der Waals surface area contributed by atoms with Crippen LogP contribution >= 0.6 is 15.9 Å². The van der Waals surface area contributed by atoms with Crippen molar-refractivity contribution >= 4 is 15.9 Å². The SMILES string of the molecule is BrCC1CCN(CC2OCCc3ccccc32)CC1. The van der Waals surface area contributed by atoms with Crippen LogP contribution in [0.25, 0.3) is 0 Å². The minimum absolute atomic E-state index is 0.283. The molecular formula is C16H22BrNO. The molecule has 0 aliphatic carbocycles. The van der Waals surface area contributed by atoms with Gasteiger partial charge in [0.15, 0.2) is 0 Å². The molecule has 1 aromatic carbocycles. The van der Waals surface area contributed by atoms with E-state index in [2.05, 4.69) is 45.1 Å². The molecule has 0 N–H and O–H groups in total. The zero-order valence-corrected chi connectivity index (χ0v) is 12.9. The summed E-state index contributed by atoms with van der Waals surface area (Å²) >= 11 is 3.61. The number of hydrogen-bond donors (Lipinski definition) is 0. The van der Waals surface area contributed by atoms with Crippen molar-refractivity contribution in [3.8, 4) is 0 Å². The molecule has 1 saturated heterocycles. The van der Waals surface area contributed by atoms with Gasteiger partial charge in [0.25, 0.3) is 0 Å². The number of nitrogens with zero attached hydrogens (tertiary/aromatic N) is 1. The van der Waals surface area contributed by atoms with Crippen LogP contribution in [0.4, 0.5) is 0 Å². The summed E-state index contributed by atoms with van der Waals surface area (Å²) in [7, 11) is 0. The zero-order chi connectivity index (χ0) is 13.1. The maximum absolute atomic E-state index is 6.01. The quantitative estimate of drug-likeness (QED) is 0.790. The molecule has 0 aromatic heterocycles. The van der Waals surface area contributed by atoms with E-state index in [1.807, 2.05) is 0 Å². The molecule has 1 unspecified atom stereocenters. The third-order valence-electron chi connectivity index (χ3n) is 4.44. The van der Waals surface area contributed by atoms with Gasteiger partial charge in [0.2, 0.25) is 0 Å². The Bertz CT molecular complexity index is 415. The molecule has 2 aliphatic rings. The van der Waals surface area contributed by atoms with Gasteiger partial charge in [-0.05, 0) is 49.4 Å². The molecule has 0 spiro atoms. The van der Waals surface area contributed by atoms with Crippen LogP contribution in [-0.4, -0.2) is 36.5 Å². The van der Waals surface area contributed by atoms with E-state index < -0.39 is 0 Å². The first-order chi connectivity index (χ1) is 9.36. The first-order valence-electron chi connectivity index (χ1n) is 7.34. The normalized spacial score (nSPS) is 25.2. The van der Waals surface area contributed by atoms with E-state index >= 15 is 0 Å². The van der Waals surface area contributed by atoms with Crippen molar-refractivity contribution in [1.29, 1.82) is 0 Å². The van der Waals surface area contributed by atoms with Gasteiger partial charge in [-0.1, -0.05) is 40.2 Å². The molecule has 19 heavy (non-hydrogen) atoms. The molecule has 1 fully saturated rings. The van der Waals surface area contributed by atoms with Crippen molar-refractivity contribution in [3.63, 3.8) is 0 Å². The lowest BCUT2D eigenvalue weighted by molar-refractivity contribution is 0.00944. The Balaban J connectivity index is 1.62. The van der Waals surface area contributed by atoms with Crippen LogP contribution in [-0.2, 0) is 11.2 Å². The standard InChI is InChI=1S/C16H22BrNO/c17-11-13-5-8-18(9-6-13)12-16-15-4-2-1-3-14(15)7-10-19-16/h1-4,13,16H,5-12H2. The lowest BCUT2D eigenvalue weighted by Gasteiger charge is -2.35. The largest absolute Gasteiger partial charge is 0.372 e. The molecule has 2 nitrogen and oxygen atoms in total. The van der Waals surface area contributed by atoms with Crippen LogP contribution in [0.3, 0.4) is 0 Å². The van der Waals surface area contributed by atoms with Crippen molar-refractivity contribution in [2.75, 3.05) is 31.6 Å². The summed E-state index contributed by atoms with van der Waals surface area (Å²) in [4.78, 5) is 2.58. The van der Waals surface area contributed by atoms with E-state index in [4.69, 9.17) is 4.74 Å². The van der Waals surface area contributed by atoms with Gasteiger partial charge in [0.1, 0.15) is 0 Å². The number of rotatable bonds is 3. The lowest BCUT2D eigenvalue weighted by Crippen LogP contribution is -2.38. The fourth-order valence-electron chi connectivity index (χ4n) is 3.19. The molecule has 0 amide bonds. The molecule has 3 rings (SSSR count). The second-order valence-corrected chi connectivity index (χ2v) is 6.35. The molecule has 2 aliphatic heterocycles. The first kappa shape index (κ1) is 13.6. The molecule has 1 atom stereocenters. The van der Waals surface area contributed by atoms with Gasteiger partial charge in [0, 0.05) is 11.9 Å². The Kier molecular flexibility index (Phi) is 4.57. The van der Waals surface area contributed by atoms with Crippen molar-refractivity contribution < 1.29 is 4.74 Å². The van der Waals surface area contributed by atoms with E-state index in [-0.39, 0.29) is 6.10 Å². The highest BCUT2D eigenvalue weighted by Crippen LogP contribution is 2.29. The Morgan fingerprint density at radius 2 is 2.00 bits per heavy atom. The molecule has 104 valence electrons. The summed E-state index contributed by atoms with van der Waals surface area (Å²) in [5.41, 5.74) is 2.89. The van der Waals surface area contributed by atoms with Crippen LogP contribution in [0, 0.1) is 5.92 Å². The maximum Gasteiger partial charge on any atom is 0.0954 e. The van der Waals surface area contributed by atoms with Gasteiger partial charge in [-0.3, -0.25) is 0 Å². The Morgan fingerprint density at radius 3 is 2.79 bits per heavy atom. The van der Waals surface area contributed by atoms with Crippen molar-refractivity contribution in [2.45, 2.75) is 25.4 Å². The molecule has 2 heterocycles. The second kappa shape index (κ2) is 6.38. The summed E-state index contributed by atoms with van der Waals surface area (Å²) in [6.07, 6.45) is 3.99. The van der Waals surface area contributed by atoms with E-state index in [1.54, 1.807) is 0 Å². The highest BCUT2D eigenvalue weighted by atomic mass is 79.9. The maximum atomic E-state index is 6.01. The highest BCUT2D eigenvalue weighted by Gasteiger charge is 2.25. The minimum Gasteiger partial charge on any atom is -0.372 e. The summed E-state index contributed by atoms with van der Waals surface area (Å²) in [5.74, 6) is 0.871. The Morgan fingerprint density at radius 1 is 1.21 bits per heavy atom. The molecular weight excluding hydrogens is 302 g/mol. The van der Waals surface area contributed by atoms with Gasteiger partial charge in [-0.15, -0.1) is 0 Å². The average Bonchev–Trinajstić information content (AvgIpc) is 2.48. The summed E-state index contributed by atoms with van der Waals surface area (Å²) in [6, 6.07) is 8.77. The highest BCUT2D eigenvalue weighted by molar-refractivity contribution is 9.09.